The molecule has 0 saturated carbocycles. The van der Waals surface area contributed by atoms with Gasteiger partial charge in [-0.25, -0.2) is 4.98 Å². The van der Waals surface area contributed by atoms with Crippen LogP contribution >= 0.6 is 11.3 Å². The smallest absolute Gasteiger partial charge is 0.272 e. The number of rotatable bonds is 5. The average molecular weight is 320 g/mol. The van der Waals surface area contributed by atoms with Crippen molar-refractivity contribution in [1.29, 1.82) is 0 Å². The van der Waals surface area contributed by atoms with Gasteiger partial charge in [0.25, 0.3) is 11.6 Å². The van der Waals surface area contributed by atoms with E-state index < -0.39 is 16.7 Å². The molecule has 3 N–H and O–H groups in total. The molecule has 0 unspecified atom stereocenters. The number of nitrogens with zero attached hydrogens (tertiary/aromatic N) is 2. The topological polar surface area (TPSA) is 128 Å². The molecule has 1 heterocycles. The van der Waals surface area contributed by atoms with E-state index in [1.54, 1.807) is 12.3 Å². The molecule has 0 spiro atoms. The van der Waals surface area contributed by atoms with Crippen molar-refractivity contribution in [2.75, 3.05) is 5.32 Å². The summed E-state index contributed by atoms with van der Waals surface area (Å²) in [5.41, 5.74) is 6.18. The van der Waals surface area contributed by atoms with E-state index in [0.29, 0.717) is 16.4 Å². The molecule has 2 rings (SSSR count). The Morgan fingerprint density at radius 2 is 2.18 bits per heavy atom. The summed E-state index contributed by atoms with van der Waals surface area (Å²) < 4.78 is 0. The second kappa shape index (κ2) is 6.31. The van der Waals surface area contributed by atoms with E-state index in [1.807, 2.05) is 0 Å². The molecule has 0 aliphatic rings. The van der Waals surface area contributed by atoms with Crippen LogP contribution in [0.15, 0.2) is 23.6 Å². The molecule has 22 heavy (non-hydrogen) atoms. The van der Waals surface area contributed by atoms with E-state index in [9.17, 15) is 19.7 Å². The van der Waals surface area contributed by atoms with Gasteiger partial charge in [0.15, 0.2) is 5.13 Å². The first-order valence-corrected chi connectivity index (χ1v) is 7.04. The third-order valence-corrected chi connectivity index (χ3v) is 3.59. The Bertz CT molecular complexity index is 756. The summed E-state index contributed by atoms with van der Waals surface area (Å²) in [6.07, 6.45) is 0.00299. The van der Waals surface area contributed by atoms with Crippen LogP contribution in [0.2, 0.25) is 0 Å². The third-order valence-electron chi connectivity index (χ3n) is 2.78. The number of anilines is 1. The first kappa shape index (κ1) is 15.6. The van der Waals surface area contributed by atoms with Crippen molar-refractivity contribution in [3.63, 3.8) is 0 Å². The molecule has 2 amide bonds. The summed E-state index contributed by atoms with van der Waals surface area (Å²) >= 11 is 1.17. The molecule has 1 aromatic carbocycles. The standard InChI is InChI=1S/C13H12N4O4S/c1-7-4-8(2-3-10(7)17(20)21)12(19)16-13-15-9(6-22-13)5-11(14)18/h2-4,6H,5H2,1H3,(H2,14,18)(H,15,16,19). The van der Waals surface area contributed by atoms with E-state index in [2.05, 4.69) is 10.3 Å². The van der Waals surface area contributed by atoms with E-state index in [1.165, 1.54) is 29.5 Å². The Hall–Kier alpha value is -2.81. The van der Waals surface area contributed by atoms with Gasteiger partial charge in [-0.15, -0.1) is 11.3 Å². The number of nitro benzene ring substituents is 1. The quantitative estimate of drug-likeness (QED) is 0.639. The van der Waals surface area contributed by atoms with E-state index in [4.69, 9.17) is 5.73 Å². The zero-order chi connectivity index (χ0) is 16.3. The maximum Gasteiger partial charge on any atom is 0.272 e. The summed E-state index contributed by atoms with van der Waals surface area (Å²) in [5, 5.41) is 15.3. The number of amides is 2. The Balaban J connectivity index is 2.12. The fourth-order valence-corrected chi connectivity index (χ4v) is 2.50. The zero-order valence-corrected chi connectivity index (χ0v) is 12.3. The van der Waals surface area contributed by atoms with Crippen LogP contribution in [-0.2, 0) is 11.2 Å². The highest BCUT2D eigenvalue weighted by Gasteiger charge is 2.15. The number of nitrogens with one attached hydrogen (secondary N) is 1. The van der Waals surface area contributed by atoms with Crippen LogP contribution in [0.3, 0.4) is 0 Å². The van der Waals surface area contributed by atoms with Crippen LogP contribution in [0.25, 0.3) is 0 Å². The van der Waals surface area contributed by atoms with Gasteiger partial charge in [-0.2, -0.15) is 0 Å². The monoisotopic (exact) mass is 320 g/mol. The molecule has 0 saturated heterocycles. The van der Waals surface area contributed by atoms with Gasteiger partial charge >= 0.3 is 0 Å². The van der Waals surface area contributed by atoms with Gasteiger partial charge in [-0.05, 0) is 19.1 Å². The van der Waals surface area contributed by atoms with Gasteiger partial charge in [-0.1, -0.05) is 0 Å². The first-order chi connectivity index (χ1) is 10.4. The number of carbonyl (C=O) groups is 2. The summed E-state index contributed by atoms with van der Waals surface area (Å²) in [6.45, 7) is 1.56. The van der Waals surface area contributed by atoms with Crippen LogP contribution in [0.5, 0.6) is 0 Å². The summed E-state index contributed by atoms with van der Waals surface area (Å²) in [5.74, 6) is -0.938. The maximum atomic E-state index is 12.1. The van der Waals surface area contributed by atoms with Crippen LogP contribution in [0.4, 0.5) is 10.8 Å². The predicted octanol–water partition coefficient (Wildman–Crippen LogP) is 1.64. The summed E-state index contributed by atoms with van der Waals surface area (Å²) in [7, 11) is 0. The lowest BCUT2D eigenvalue weighted by molar-refractivity contribution is -0.385. The number of nitrogens with two attached hydrogens (primary N) is 1. The van der Waals surface area contributed by atoms with Crippen LogP contribution in [-0.4, -0.2) is 21.7 Å². The van der Waals surface area contributed by atoms with Crippen molar-refractivity contribution in [3.8, 4) is 0 Å². The average Bonchev–Trinajstić information content (AvgIpc) is 2.84. The lowest BCUT2D eigenvalue weighted by atomic mass is 10.1. The molecule has 0 atom stereocenters. The molecular weight excluding hydrogens is 308 g/mol. The van der Waals surface area contributed by atoms with Crippen LogP contribution in [0, 0.1) is 17.0 Å². The lowest BCUT2D eigenvalue weighted by Gasteiger charge is -2.03. The minimum absolute atomic E-state index is 0.00299. The van der Waals surface area contributed by atoms with E-state index >= 15 is 0 Å². The molecule has 0 aliphatic heterocycles. The molecule has 0 fully saturated rings. The van der Waals surface area contributed by atoms with Crippen molar-refractivity contribution < 1.29 is 14.5 Å². The number of aromatic nitrogens is 1. The normalized spacial score (nSPS) is 10.2. The lowest BCUT2D eigenvalue weighted by Crippen LogP contribution is -2.14. The highest BCUT2D eigenvalue weighted by Crippen LogP contribution is 2.21. The number of hydrogen-bond donors (Lipinski definition) is 2. The minimum Gasteiger partial charge on any atom is -0.369 e. The highest BCUT2D eigenvalue weighted by molar-refractivity contribution is 7.14. The minimum atomic E-state index is -0.506. The molecule has 0 radical (unpaired) electrons. The van der Waals surface area contributed by atoms with Gasteiger partial charge in [-0.3, -0.25) is 25.0 Å². The van der Waals surface area contributed by atoms with E-state index in [0.717, 1.165) is 0 Å². The Kier molecular flexibility index (Phi) is 4.47. The largest absolute Gasteiger partial charge is 0.369 e. The SMILES string of the molecule is Cc1cc(C(=O)Nc2nc(CC(N)=O)cs2)ccc1[N+](=O)[O-]. The van der Waals surface area contributed by atoms with Crippen LogP contribution in [0.1, 0.15) is 21.6 Å². The first-order valence-electron chi connectivity index (χ1n) is 6.16. The van der Waals surface area contributed by atoms with Crippen molar-refractivity contribution in [2.45, 2.75) is 13.3 Å². The predicted molar refractivity (Wildman–Crippen MR) is 80.8 cm³/mol. The molecule has 2 aromatic rings. The second-order valence-corrected chi connectivity index (χ2v) is 5.36. The number of thiazole rings is 1. The van der Waals surface area contributed by atoms with E-state index in [-0.39, 0.29) is 17.7 Å². The molecule has 1 aromatic heterocycles. The van der Waals surface area contributed by atoms with Crippen molar-refractivity contribution in [2.24, 2.45) is 5.73 Å². The summed E-state index contributed by atoms with van der Waals surface area (Å²) in [6, 6.07) is 4.09. The van der Waals surface area contributed by atoms with Crippen molar-refractivity contribution >= 4 is 34.0 Å². The number of hydrogen-bond acceptors (Lipinski definition) is 6. The highest BCUT2D eigenvalue weighted by atomic mass is 32.1. The Labute approximate surface area is 129 Å². The Morgan fingerprint density at radius 1 is 1.45 bits per heavy atom. The fourth-order valence-electron chi connectivity index (χ4n) is 1.79. The molecule has 114 valence electrons. The van der Waals surface area contributed by atoms with Gasteiger partial charge in [0, 0.05) is 22.6 Å². The van der Waals surface area contributed by atoms with Gasteiger partial charge < -0.3 is 5.73 Å². The maximum absolute atomic E-state index is 12.1. The molecule has 9 heteroatoms. The number of aryl methyl sites for hydroxylation is 1. The molecule has 8 nitrogen and oxygen atoms in total. The third kappa shape index (κ3) is 3.64. The van der Waals surface area contributed by atoms with Gasteiger partial charge in [0.2, 0.25) is 5.91 Å². The number of nitro groups is 1. The Morgan fingerprint density at radius 3 is 2.77 bits per heavy atom. The number of carbonyl (C=O) groups excluding carboxylic acids is 2. The van der Waals surface area contributed by atoms with Crippen molar-refractivity contribution in [3.05, 3.63) is 50.5 Å². The van der Waals surface area contributed by atoms with Gasteiger partial charge in [0.1, 0.15) is 0 Å². The van der Waals surface area contributed by atoms with Crippen molar-refractivity contribution in [1.82, 2.24) is 4.98 Å². The van der Waals surface area contributed by atoms with Gasteiger partial charge in [0.05, 0.1) is 17.0 Å². The second-order valence-electron chi connectivity index (χ2n) is 4.50. The van der Waals surface area contributed by atoms with Crippen LogP contribution < -0.4 is 11.1 Å². The molecule has 0 bridgehead atoms. The zero-order valence-electron chi connectivity index (χ0n) is 11.5. The fraction of sp³-hybridized carbons (Fsp3) is 0.154. The molecular formula is C13H12N4O4S. The molecule has 0 aliphatic carbocycles. The number of primary amides is 1. The number of benzene rings is 1. The summed E-state index contributed by atoms with van der Waals surface area (Å²) in [4.78, 5) is 37.2.